The molecule has 0 bridgehead atoms. The first-order chi connectivity index (χ1) is 10.6. The summed E-state index contributed by atoms with van der Waals surface area (Å²) in [6.07, 6.45) is 14.4. The van der Waals surface area contributed by atoms with Crippen LogP contribution in [0.25, 0.3) is 0 Å². The van der Waals surface area contributed by atoms with Crippen LogP contribution in [0.3, 0.4) is 0 Å². The molecule has 0 saturated heterocycles. The van der Waals surface area contributed by atoms with Gasteiger partial charge in [0.1, 0.15) is 0 Å². The van der Waals surface area contributed by atoms with Crippen LogP contribution in [0.4, 0.5) is 0 Å². The molecule has 5 nitrogen and oxygen atoms in total. The third-order valence-electron chi connectivity index (χ3n) is 4.25. The van der Waals surface area contributed by atoms with Gasteiger partial charge in [-0.05, 0) is 26.2 Å². The number of aromatic nitrogens is 3. The smallest absolute Gasteiger partial charge is 0.0827 e. The maximum absolute atomic E-state index is 6.05. The molecular formula is C17H35N5. The lowest BCUT2D eigenvalue weighted by molar-refractivity contribution is 0.441. The van der Waals surface area contributed by atoms with Crippen LogP contribution < -0.4 is 11.5 Å². The van der Waals surface area contributed by atoms with Crippen molar-refractivity contribution in [2.75, 3.05) is 6.54 Å². The Labute approximate surface area is 135 Å². The van der Waals surface area contributed by atoms with Crippen LogP contribution in [0.2, 0.25) is 0 Å². The summed E-state index contributed by atoms with van der Waals surface area (Å²) in [7, 11) is 0. The van der Waals surface area contributed by atoms with E-state index in [4.69, 9.17) is 11.5 Å². The molecule has 0 amide bonds. The monoisotopic (exact) mass is 309 g/mol. The third kappa shape index (κ3) is 8.49. The molecule has 0 aliphatic heterocycles. The maximum atomic E-state index is 6.05. The van der Waals surface area contributed by atoms with Crippen LogP contribution >= 0.6 is 0 Å². The van der Waals surface area contributed by atoms with E-state index < -0.39 is 0 Å². The summed E-state index contributed by atoms with van der Waals surface area (Å²) in [6, 6.07) is 0. The molecule has 1 heterocycles. The van der Waals surface area contributed by atoms with Gasteiger partial charge in [0.2, 0.25) is 0 Å². The average Bonchev–Trinajstić information content (AvgIpc) is 2.96. The third-order valence-corrected chi connectivity index (χ3v) is 4.25. The number of unbranched alkanes of at least 4 members (excludes halogenated alkanes) is 7. The minimum atomic E-state index is -0.304. The van der Waals surface area contributed by atoms with Crippen molar-refractivity contribution in [2.45, 2.75) is 90.1 Å². The molecule has 0 radical (unpaired) electrons. The van der Waals surface area contributed by atoms with Crippen molar-refractivity contribution in [1.29, 1.82) is 0 Å². The maximum Gasteiger partial charge on any atom is 0.0827 e. The molecule has 128 valence electrons. The molecule has 0 fully saturated rings. The fraction of sp³-hybridized carbons (Fsp3) is 0.882. The molecule has 0 aliphatic rings. The lowest BCUT2D eigenvalue weighted by Gasteiger charge is -2.21. The molecule has 0 aromatic carbocycles. The van der Waals surface area contributed by atoms with Gasteiger partial charge in [0.05, 0.1) is 5.69 Å². The number of nitrogens with zero attached hydrogens (tertiary/aromatic N) is 3. The standard InChI is InChI=1S/C17H35N5/c1-3-4-5-6-7-8-9-10-13-22-14-16(20-21-22)11-12-17(2,19)15-18/h14H,3-13,15,18-19H2,1-2H3. The first kappa shape index (κ1) is 19.1. The zero-order chi connectivity index (χ0) is 16.3. The normalized spacial score (nSPS) is 14.2. The molecule has 1 atom stereocenters. The zero-order valence-electron chi connectivity index (χ0n) is 14.6. The summed E-state index contributed by atoms with van der Waals surface area (Å²) < 4.78 is 1.96. The largest absolute Gasteiger partial charge is 0.329 e. The molecule has 5 heteroatoms. The second-order valence-corrected chi connectivity index (χ2v) is 6.81. The first-order valence-electron chi connectivity index (χ1n) is 8.95. The highest BCUT2D eigenvalue weighted by molar-refractivity contribution is 4.95. The van der Waals surface area contributed by atoms with Gasteiger partial charge in [0, 0.05) is 24.8 Å². The van der Waals surface area contributed by atoms with Gasteiger partial charge in [-0.2, -0.15) is 0 Å². The molecule has 0 aliphatic carbocycles. The first-order valence-corrected chi connectivity index (χ1v) is 8.95. The summed E-state index contributed by atoms with van der Waals surface area (Å²) in [5, 5.41) is 8.41. The number of hydrogen-bond acceptors (Lipinski definition) is 4. The summed E-state index contributed by atoms with van der Waals surface area (Å²) >= 11 is 0. The highest BCUT2D eigenvalue weighted by Crippen LogP contribution is 2.10. The van der Waals surface area contributed by atoms with Gasteiger partial charge in [0.25, 0.3) is 0 Å². The quantitative estimate of drug-likeness (QED) is 0.549. The Bertz CT molecular complexity index is 386. The van der Waals surface area contributed by atoms with Gasteiger partial charge < -0.3 is 11.5 Å². The van der Waals surface area contributed by atoms with Crippen molar-refractivity contribution < 1.29 is 0 Å². The molecule has 22 heavy (non-hydrogen) atoms. The van der Waals surface area contributed by atoms with Gasteiger partial charge in [-0.15, -0.1) is 5.10 Å². The second-order valence-electron chi connectivity index (χ2n) is 6.81. The summed E-state index contributed by atoms with van der Waals surface area (Å²) in [6.45, 7) is 5.71. The second kappa shape index (κ2) is 10.7. The number of hydrogen-bond donors (Lipinski definition) is 2. The molecule has 1 aromatic rings. The van der Waals surface area contributed by atoms with Crippen LogP contribution in [0.15, 0.2) is 6.20 Å². The molecule has 1 unspecified atom stereocenters. The van der Waals surface area contributed by atoms with Crippen LogP contribution in [-0.4, -0.2) is 27.1 Å². The van der Waals surface area contributed by atoms with Crippen molar-refractivity contribution in [2.24, 2.45) is 11.5 Å². The van der Waals surface area contributed by atoms with Crippen molar-refractivity contribution >= 4 is 0 Å². The Morgan fingerprint density at radius 1 is 1.09 bits per heavy atom. The number of aryl methyl sites for hydroxylation is 2. The highest BCUT2D eigenvalue weighted by Gasteiger charge is 2.16. The van der Waals surface area contributed by atoms with Crippen molar-refractivity contribution in [1.82, 2.24) is 15.0 Å². The minimum Gasteiger partial charge on any atom is -0.329 e. The van der Waals surface area contributed by atoms with Crippen molar-refractivity contribution in [3.8, 4) is 0 Å². The SMILES string of the molecule is CCCCCCCCCCn1cc(CCC(C)(N)CN)nn1. The minimum absolute atomic E-state index is 0.304. The molecule has 1 aromatic heterocycles. The van der Waals surface area contributed by atoms with E-state index in [1.165, 1.54) is 51.4 Å². The van der Waals surface area contributed by atoms with E-state index in [2.05, 4.69) is 17.2 Å². The van der Waals surface area contributed by atoms with Crippen LogP contribution in [0.5, 0.6) is 0 Å². The zero-order valence-corrected chi connectivity index (χ0v) is 14.6. The molecule has 0 saturated carbocycles. The summed E-state index contributed by atoms with van der Waals surface area (Å²) in [5.41, 5.74) is 12.4. The molecule has 4 N–H and O–H groups in total. The summed E-state index contributed by atoms with van der Waals surface area (Å²) in [5.74, 6) is 0. The van der Waals surface area contributed by atoms with E-state index in [1.54, 1.807) is 0 Å². The molecule has 1 rings (SSSR count). The van der Waals surface area contributed by atoms with Gasteiger partial charge in [0.15, 0.2) is 0 Å². The van der Waals surface area contributed by atoms with Crippen molar-refractivity contribution in [3.63, 3.8) is 0 Å². The van der Waals surface area contributed by atoms with Crippen molar-refractivity contribution in [3.05, 3.63) is 11.9 Å². The number of nitrogens with two attached hydrogens (primary N) is 2. The van der Waals surface area contributed by atoms with Crippen LogP contribution in [-0.2, 0) is 13.0 Å². The van der Waals surface area contributed by atoms with Crippen LogP contribution in [0, 0.1) is 0 Å². The van der Waals surface area contributed by atoms with Crippen LogP contribution in [0.1, 0.15) is 77.3 Å². The fourth-order valence-electron chi connectivity index (χ4n) is 2.49. The fourth-order valence-corrected chi connectivity index (χ4v) is 2.49. The Balaban J connectivity index is 2.10. The Morgan fingerprint density at radius 3 is 2.36 bits per heavy atom. The predicted molar refractivity (Wildman–Crippen MR) is 92.6 cm³/mol. The van der Waals surface area contributed by atoms with Gasteiger partial charge >= 0.3 is 0 Å². The average molecular weight is 310 g/mol. The van der Waals surface area contributed by atoms with Gasteiger partial charge in [-0.3, -0.25) is 4.68 Å². The highest BCUT2D eigenvalue weighted by atomic mass is 15.4. The van der Waals surface area contributed by atoms with E-state index >= 15 is 0 Å². The topological polar surface area (TPSA) is 82.8 Å². The number of rotatable bonds is 13. The van der Waals surface area contributed by atoms with E-state index in [9.17, 15) is 0 Å². The van der Waals surface area contributed by atoms with E-state index in [1.807, 2.05) is 17.8 Å². The lowest BCUT2D eigenvalue weighted by atomic mass is 9.97. The molecule has 0 spiro atoms. The Morgan fingerprint density at radius 2 is 1.73 bits per heavy atom. The summed E-state index contributed by atoms with van der Waals surface area (Å²) in [4.78, 5) is 0. The predicted octanol–water partition coefficient (Wildman–Crippen LogP) is 3.03. The van der Waals surface area contributed by atoms with E-state index in [0.29, 0.717) is 6.54 Å². The Hall–Kier alpha value is -0.940. The van der Waals surface area contributed by atoms with Gasteiger partial charge in [-0.1, -0.05) is 57.1 Å². The van der Waals surface area contributed by atoms with E-state index in [-0.39, 0.29) is 5.54 Å². The molecular weight excluding hydrogens is 274 g/mol. The van der Waals surface area contributed by atoms with E-state index in [0.717, 1.165) is 25.1 Å². The van der Waals surface area contributed by atoms with Gasteiger partial charge in [-0.25, -0.2) is 0 Å². The Kier molecular flexibility index (Phi) is 9.32. The lowest BCUT2D eigenvalue weighted by Crippen LogP contribution is -2.44.